The van der Waals surface area contributed by atoms with Crippen molar-refractivity contribution in [1.82, 2.24) is 0 Å². The zero-order valence-corrected chi connectivity index (χ0v) is 8.89. The van der Waals surface area contributed by atoms with Crippen molar-refractivity contribution in [2.24, 2.45) is 0 Å². The lowest BCUT2D eigenvalue weighted by molar-refractivity contribution is -0.130. The van der Waals surface area contributed by atoms with E-state index in [9.17, 15) is 4.79 Å². The number of rotatable bonds is 2. The first-order valence-electron chi connectivity index (χ1n) is 3.40. The highest BCUT2D eigenvalue weighted by molar-refractivity contribution is 9.10. The summed E-state index contributed by atoms with van der Waals surface area (Å²) in [4.78, 5) is 10.6. The topological polar surface area (TPSA) is 37.3 Å². The molecule has 0 aliphatic heterocycles. The zero-order chi connectivity index (χ0) is 10.0. The van der Waals surface area contributed by atoms with Crippen LogP contribution >= 0.6 is 27.5 Å². The number of hydrogen-bond acceptors (Lipinski definition) is 1. The average Bonchev–Trinajstić information content (AvgIpc) is 2.08. The third-order valence-electron chi connectivity index (χ3n) is 1.51. The van der Waals surface area contributed by atoms with E-state index in [-0.39, 0.29) is 5.57 Å². The summed E-state index contributed by atoms with van der Waals surface area (Å²) in [7, 11) is 0. The number of hydrogen-bond donors (Lipinski definition) is 1. The lowest BCUT2D eigenvalue weighted by atomic mass is 10.1. The standard InChI is InChI=1S/C9H6BrClO2/c1-5(9(12)13)7-4-6(10)2-3-8(7)11/h2-4H,1H2,(H,12,13). The fraction of sp³-hybridized carbons (Fsp3) is 0. The Hall–Kier alpha value is -0.800. The molecule has 68 valence electrons. The SMILES string of the molecule is C=C(C(=O)O)c1cc(Br)ccc1Cl. The Labute approximate surface area is 89.0 Å². The van der Waals surface area contributed by atoms with Gasteiger partial charge in [-0.15, -0.1) is 0 Å². The largest absolute Gasteiger partial charge is 0.478 e. The summed E-state index contributed by atoms with van der Waals surface area (Å²) >= 11 is 9.01. The summed E-state index contributed by atoms with van der Waals surface area (Å²) < 4.78 is 0.773. The molecule has 0 radical (unpaired) electrons. The smallest absolute Gasteiger partial charge is 0.335 e. The molecule has 0 aliphatic rings. The highest BCUT2D eigenvalue weighted by atomic mass is 79.9. The summed E-state index contributed by atoms with van der Waals surface area (Å²) in [5, 5.41) is 9.06. The molecule has 0 fully saturated rings. The van der Waals surface area contributed by atoms with Crippen LogP contribution in [0.1, 0.15) is 5.56 Å². The van der Waals surface area contributed by atoms with Crippen LogP contribution in [0.25, 0.3) is 5.57 Å². The molecule has 0 saturated carbocycles. The quantitative estimate of drug-likeness (QED) is 0.830. The molecule has 0 saturated heterocycles. The summed E-state index contributed by atoms with van der Waals surface area (Å²) in [5.41, 5.74) is 0.426. The molecule has 1 aromatic carbocycles. The normalized spacial score (nSPS) is 9.69. The van der Waals surface area contributed by atoms with Crippen LogP contribution in [0, 0.1) is 0 Å². The van der Waals surface area contributed by atoms with Gasteiger partial charge < -0.3 is 5.11 Å². The van der Waals surface area contributed by atoms with Gasteiger partial charge in [-0.1, -0.05) is 34.1 Å². The van der Waals surface area contributed by atoms with Gasteiger partial charge in [0.05, 0.1) is 5.57 Å². The Balaban J connectivity index is 3.21. The summed E-state index contributed by atoms with van der Waals surface area (Å²) in [6.45, 7) is 3.42. The van der Waals surface area contributed by atoms with E-state index in [2.05, 4.69) is 22.5 Å². The molecule has 4 heteroatoms. The van der Waals surface area contributed by atoms with E-state index in [1.165, 1.54) is 0 Å². The van der Waals surface area contributed by atoms with Crippen LogP contribution in [-0.4, -0.2) is 11.1 Å². The molecule has 2 nitrogen and oxygen atoms in total. The van der Waals surface area contributed by atoms with E-state index in [1.807, 2.05) is 0 Å². The Morgan fingerprint density at radius 1 is 1.54 bits per heavy atom. The molecule has 0 amide bonds. The van der Waals surface area contributed by atoms with Crippen molar-refractivity contribution in [1.29, 1.82) is 0 Å². The number of halogens is 2. The molecule has 0 aromatic heterocycles. The Morgan fingerprint density at radius 3 is 2.69 bits per heavy atom. The molecular formula is C9H6BrClO2. The fourth-order valence-electron chi connectivity index (χ4n) is 0.844. The first-order chi connectivity index (χ1) is 6.02. The summed E-state index contributed by atoms with van der Waals surface area (Å²) in [6.07, 6.45) is 0. The predicted octanol–water partition coefficient (Wildman–Crippen LogP) is 3.20. The molecule has 13 heavy (non-hydrogen) atoms. The van der Waals surface area contributed by atoms with Crippen molar-refractivity contribution in [3.05, 3.63) is 39.8 Å². The van der Waals surface area contributed by atoms with E-state index in [0.29, 0.717) is 10.6 Å². The first-order valence-corrected chi connectivity index (χ1v) is 4.57. The monoisotopic (exact) mass is 260 g/mol. The van der Waals surface area contributed by atoms with Crippen molar-refractivity contribution < 1.29 is 9.90 Å². The first kappa shape index (κ1) is 10.3. The average molecular weight is 262 g/mol. The molecule has 0 heterocycles. The van der Waals surface area contributed by atoms with E-state index >= 15 is 0 Å². The fourth-order valence-corrected chi connectivity index (χ4v) is 1.44. The second kappa shape index (κ2) is 3.94. The minimum absolute atomic E-state index is 0.00806. The van der Waals surface area contributed by atoms with Crippen LogP contribution in [0.2, 0.25) is 5.02 Å². The van der Waals surface area contributed by atoms with Crippen LogP contribution in [0.5, 0.6) is 0 Å². The van der Waals surface area contributed by atoms with E-state index in [4.69, 9.17) is 16.7 Å². The van der Waals surface area contributed by atoms with Gasteiger partial charge in [0.2, 0.25) is 0 Å². The van der Waals surface area contributed by atoms with Gasteiger partial charge in [-0.3, -0.25) is 0 Å². The van der Waals surface area contributed by atoms with Gasteiger partial charge in [-0.2, -0.15) is 0 Å². The molecule has 0 bridgehead atoms. The van der Waals surface area contributed by atoms with Gasteiger partial charge in [-0.25, -0.2) is 4.79 Å². The molecule has 1 rings (SSSR count). The number of aliphatic carboxylic acids is 1. The molecule has 1 N–H and O–H groups in total. The van der Waals surface area contributed by atoms with Crippen LogP contribution < -0.4 is 0 Å². The predicted molar refractivity (Wildman–Crippen MR) is 55.8 cm³/mol. The maximum Gasteiger partial charge on any atom is 0.335 e. The molecule has 0 unspecified atom stereocenters. The van der Waals surface area contributed by atoms with Crippen molar-refractivity contribution in [3.63, 3.8) is 0 Å². The van der Waals surface area contributed by atoms with Gasteiger partial charge in [0.25, 0.3) is 0 Å². The van der Waals surface area contributed by atoms with Gasteiger partial charge in [0, 0.05) is 15.1 Å². The van der Waals surface area contributed by atoms with Crippen LogP contribution in [0.15, 0.2) is 29.3 Å². The van der Waals surface area contributed by atoms with Crippen molar-refractivity contribution in [3.8, 4) is 0 Å². The Bertz CT molecular complexity index is 374. The molecular weight excluding hydrogens is 255 g/mol. The van der Waals surface area contributed by atoms with E-state index in [0.717, 1.165) is 4.47 Å². The summed E-state index contributed by atoms with van der Waals surface area (Å²) in [5.74, 6) is -1.07. The molecule has 1 aromatic rings. The van der Waals surface area contributed by atoms with Crippen LogP contribution in [0.4, 0.5) is 0 Å². The van der Waals surface area contributed by atoms with Crippen molar-refractivity contribution in [2.45, 2.75) is 0 Å². The minimum Gasteiger partial charge on any atom is -0.478 e. The van der Waals surface area contributed by atoms with Crippen LogP contribution in [0.3, 0.4) is 0 Å². The maximum atomic E-state index is 10.6. The second-order valence-corrected chi connectivity index (χ2v) is 3.73. The third-order valence-corrected chi connectivity index (χ3v) is 2.33. The van der Waals surface area contributed by atoms with Gasteiger partial charge in [0.15, 0.2) is 0 Å². The molecule has 0 aliphatic carbocycles. The third kappa shape index (κ3) is 2.32. The van der Waals surface area contributed by atoms with Gasteiger partial charge >= 0.3 is 5.97 Å². The zero-order valence-electron chi connectivity index (χ0n) is 6.55. The van der Waals surface area contributed by atoms with E-state index in [1.54, 1.807) is 18.2 Å². The highest BCUT2D eigenvalue weighted by Crippen LogP contribution is 2.26. The number of benzene rings is 1. The van der Waals surface area contributed by atoms with Gasteiger partial charge in [-0.05, 0) is 18.2 Å². The second-order valence-electron chi connectivity index (χ2n) is 2.41. The van der Waals surface area contributed by atoms with Crippen LogP contribution in [-0.2, 0) is 4.79 Å². The Kier molecular flexibility index (Phi) is 3.12. The van der Waals surface area contributed by atoms with E-state index < -0.39 is 5.97 Å². The van der Waals surface area contributed by atoms with Crippen molar-refractivity contribution >= 4 is 39.1 Å². The number of carbonyl (C=O) groups is 1. The lowest BCUT2D eigenvalue weighted by Gasteiger charge is -2.03. The summed E-state index contributed by atoms with van der Waals surface area (Å²) in [6, 6.07) is 4.98. The maximum absolute atomic E-state index is 10.6. The lowest BCUT2D eigenvalue weighted by Crippen LogP contribution is -1.98. The van der Waals surface area contributed by atoms with Crippen molar-refractivity contribution in [2.75, 3.05) is 0 Å². The van der Waals surface area contributed by atoms with Gasteiger partial charge in [0.1, 0.15) is 0 Å². The number of carboxylic acid groups (broad SMARTS) is 1. The highest BCUT2D eigenvalue weighted by Gasteiger charge is 2.10. The Morgan fingerprint density at radius 2 is 2.15 bits per heavy atom. The number of carboxylic acids is 1. The molecule has 0 spiro atoms. The minimum atomic E-state index is -1.07. The molecule has 0 atom stereocenters.